The van der Waals surface area contributed by atoms with Crippen molar-refractivity contribution in [3.63, 3.8) is 0 Å². The van der Waals surface area contributed by atoms with Crippen molar-refractivity contribution in [1.29, 1.82) is 0 Å². The number of halogens is 1. The van der Waals surface area contributed by atoms with E-state index in [1.54, 1.807) is 0 Å². The molecule has 0 amide bonds. The maximum Gasteiger partial charge on any atom is 0.273 e. The van der Waals surface area contributed by atoms with Gasteiger partial charge in [-0.3, -0.25) is 4.79 Å². The largest absolute Gasteiger partial charge is 0.273 e. The van der Waals surface area contributed by atoms with Crippen LogP contribution in [0.15, 0.2) is 82.1 Å². The summed E-state index contributed by atoms with van der Waals surface area (Å²) in [4.78, 5) is 12.2. The molecule has 1 heterocycles. The second-order valence-electron chi connectivity index (χ2n) is 5.48. The highest BCUT2D eigenvalue weighted by Crippen LogP contribution is 2.34. The second kappa shape index (κ2) is 6.06. The van der Waals surface area contributed by atoms with E-state index in [1.807, 2.05) is 54.6 Å². The Labute approximate surface area is 147 Å². The van der Waals surface area contributed by atoms with Crippen molar-refractivity contribution in [2.24, 2.45) is 0 Å². The molecule has 4 rings (SSSR count). The predicted octanol–water partition coefficient (Wildman–Crippen LogP) is 5.02. The number of nitrogens with one attached hydrogen (secondary N) is 1. The maximum atomic E-state index is 12.2. The number of hydrogen-bond acceptors (Lipinski definition) is 2. The summed E-state index contributed by atoms with van der Waals surface area (Å²) < 4.78 is 0.766. The quantitative estimate of drug-likeness (QED) is 0.533. The first kappa shape index (κ1) is 14.8. The highest BCUT2D eigenvalue weighted by molar-refractivity contribution is 9.10. The second-order valence-corrected chi connectivity index (χ2v) is 6.33. The summed E-state index contributed by atoms with van der Waals surface area (Å²) >= 11 is 3.47. The van der Waals surface area contributed by atoms with E-state index in [2.05, 4.69) is 44.3 Å². The zero-order valence-corrected chi connectivity index (χ0v) is 14.2. The van der Waals surface area contributed by atoms with Crippen LogP contribution in [0.4, 0.5) is 0 Å². The molecule has 3 aromatic carbocycles. The van der Waals surface area contributed by atoms with Gasteiger partial charge in [0.15, 0.2) is 0 Å². The summed E-state index contributed by atoms with van der Waals surface area (Å²) in [5.74, 6) is 0. The van der Waals surface area contributed by atoms with Crippen LogP contribution >= 0.6 is 15.9 Å². The van der Waals surface area contributed by atoms with E-state index >= 15 is 0 Å². The van der Waals surface area contributed by atoms with Crippen molar-refractivity contribution in [3.8, 4) is 22.4 Å². The zero-order chi connectivity index (χ0) is 16.5. The average Bonchev–Trinajstić information content (AvgIpc) is 2.63. The van der Waals surface area contributed by atoms with Gasteiger partial charge in [-0.05, 0) is 33.1 Å². The molecule has 0 aliphatic heterocycles. The van der Waals surface area contributed by atoms with Crippen LogP contribution in [0.1, 0.15) is 0 Å². The lowest BCUT2D eigenvalue weighted by atomic mass is 9.95. The number of rotatable bonds is 2. The lowest BCUT2D eigenvalue weighted by Crippen LogP contribution is -2.10. The molecule has 116 valence electrons. The molecule has 1 N–H and O–H groups in total. The fraction of sp³-hybridized carbons (Fsp3) is 0. The highest BCUT2D eigenvalue weighted by atomic mass is 79.9. The minimum Gasteiger partial charge on any atom is -0.267 e. The number of aromatic amines is 1. The summed E-state index contributed by atoms with van der Waals surface area (Å²) in [6.07, 6.45) is 0. The molecule has 3 nitrogen and oxygen atoms in total. The fourth-order valence-corrected chi connectivity index (χ4v) is 3.49. The minimum absolute atomic E-state index is 0.196. The molecule has 4 aromatic rings. The standard InChI is InChI=1S/C20H13BrN2O/c21-17-12-6-11-16-18(17)20(24)23-22-19(16)15-10-5-4-9-14(15)13-7-2-1-3-8-13/h1-12H,(H,23,24). The first-order valence-corrected chi connectivity index (χ1v) is 8.37. The van der Waals surface area contributed by atoms with E-state index in [4.69, 9.17) is 0 Å². The molecule has 0 saturated heterocycles. The predicted molar refractivity (Wildman–Crippen MR) is 101 cm³/mol. The van der Waals surface area contributed by atoms with Crippen LogP contribution in [-0.4, -0.2) is 10.2 Å². The number of benzene rings is 3. The van der Waals surface area contributed by atoms with Gasteiger partial charge in [-0.2, -0.15) is 5.10 Å². The van der Waals surface area contributed by atoms with Gasteiger partial charge in [0.05, 0.1) is 11.1 Å². The summed E-state index contributed by atoms with van der Waals surface area (Å²) in [7, 11) is 0. The smallest absolute Gasteiger partial charge is 0.267 e. The van der Waals surface area contributed by atoms with Gasteiger partial charge in [0, 0.05) is 15.4 Å². The third kappa shape index (κ3) is 2.45. The first-order valence-electron chi connectivity index (χ1n) is 7.57. The van der Waals surface area contributed by atoms with E-state index in [9.17, 15) is 4.79 Å². The molecule has 0 aliphatic rings. The van der Waals surface area contributed by atoms with Gasteiger partial charge in [-0.1, -0.05) is 66.7 Å². The van der Waals surface area contributed by atoms with Gasteiger partial charge in [0.2, 0.25) is 0 Å². The van der Waals surface area contributed by atoms with Gasteiger partial charge in [0.1, 0.15) is 0 Å². The molecule has 4 heteroatoms. The van der Waals surface area contributed by atoms with Crippen LogP contribution in [0.3, 0.4) is 0 Å². The summed E-state index contributed by atoms with van der Waals surface area (Å²) in [6.45, 7) is 0. The van der Waals surface area contributed by atoms with Crippen molar-refractivity contribution in [3.05, 3.63) is 87.6 Å². The Hall–Kier alpha value is -2.72. The van der Waals surface area contributed by atoms with Crippen LogP contribution in [0.25, 0.3) is 33.2 Å². The van der Waals surface area contributed by atoms with Crippen LogP contribution in [0.2, 0.25) is 0 Å². The highest BCUT2D eigenvalue weighted by Gasteiger charge is 2.14. The third-order valence-corrected chi connectivity index (χ3v) is 4.69. The van der Waals surface area contributed by atoms with Crippen molar-refractivity contribution in [1.82, 2.24) is 10.2 Å². The van der Waals surface area contributed by atoms with Gasteiger partial charge in [0.25, 0.3) is 5.56 Å². The Kier molecular flexibility index (Phi) is 3.75. The van der Waals surface area contributed by atoms with E-state index in [0.29, 0.717) is 5.39 Å². The molecule has 0 atom stereocenters. The van der Waals surface area contributed by atoms with Crippen molar-refractivity contribution in [2.45, 2.75) is 0 Å². The van der Waals surface area contributed by atoms with E-state index in [-0.39, 0.29) is 5.56 Å². The zero-order valence-electron chi connectivity index (χ0n) is 12.7. The fourth-order valence-electron chi connectivity index (χ4n) is 2.94. The number of hydrogen-bond donors (Lipinski definition) is 1. The van der Waals surface area contributed by atoms with Gasteiger partial charge in [-0.25, -0.2) is 5.10 Å². The molecule has 0 aliphatic carbocycles. The molecule has 24 heavy (non-hydrogen) atoms. The molecule has 0 bridgehead atoms. The van der Waals surface area contributed by atoms with Crippen LogP contribution in [-0.2, 0) is 0 Å². The van der Waals surface area contributed by atoms with Crippen molar-refractivity contribution in [2.75, 3.05) is 0 Å². The third-order valence-electron chi connectivity index (χ3n) is 4.03. The van der Waals surface area contributed by atoms with Crippen LogP contribution in [0.5, 0.6) is 0 Å². The molecule has 0 saturated carbocycles. The minimum atomic E-state index is -0.196. The van der Waals surface area contributed by atoms with Crippen LogP contribution < -0.4 is 5.56 Å². The van der Waals surface area contributed by atoms with E-state index in [0.717, 1.165) is 32.2 Å². The normalized spacial score (nSPS) is 10.9. The number of nitrogens with zero attached hydrogens (tertiary/aromatic N) is 1. The average molecular weight is 377 g/mol. The molecule has 0 spiro atoms. The van der Waals surface area contributed by atoms with Gasteiger partial charge < -0.3 is 0 Å². The SMILES string of the molecule is O=c1[nH]nc(-c2ccccc2-c2ccccc2)c2cccc(Br)c12. The number of H-pyrrole nitrogens is 1. The monoisotopic (exact) mass is 376 g/mol. The Morgan fingerprint density at radius 3 is 2.29 bits per heavy atom. The Morgan fingerprint density at radius 2 is 1.50 bits per heavy atom. The molecule has 0 fully saturated rings. The van der Waals surface area contributed by atoms with Gasteiger partial charge in [-0.15, -0.1) is 0 Å². The molecular formula is C20H13BrN2O. The summed E-state index contributed by atoms with van der Waals surface area (Å²) in [5, 5.41) is 8.42. The molecule has 0 unspecified atom stereocenters. The Bertz CT molecular complexity index is 1090. The van der Waals surface area contributed by atoms with Crippen molar-refractivity contribution < 1.29 is 0 Å². The summed E-state index contributed by atoms with van der Waals surface area (Å²) in [5.41, 5.74) is 3.76. The maximum absolute atomic E-state index is 12.2. The Morgan fingerprint density at radius 1 is 0.792 bits per heavy atom. The van der Waals surface area contributed by atoms with Crippen molar-refractivity contribution >= 4 is 26.7 Å². The van der Waals surface area contributed by atoms with Gasteiger partial charge >= 0.3 is 0 Å². The topological polar surface area (TPSA) is 45.8 Å². The van der Waals surface area contributed by atoms with E-state index in [1.165, 1.54) is 0 Å². The van der Waals surface area contributed by atoms with E-state index < -0.39 is 0 Å². The molecule has 1 aromatic heterocycles. The first-order chi connectivity index (χ1) is 11.8. The molecular weight excluding hydrogens is 364 g/mol. The molecule has 0 radical (unpaired) electrons. The lowest BCUT2D eigenvalue weighted by Gasteiger charge is -2.11. The Balaban J connectivity index is 2.06. The summed E-state index contributed by atoms with van der Waals surface area (Å²) in [6, 6.07) is 24.0. The number of aromatic nitrogens is 2. The van der Waals surface area contributed by atoms with Crippen LogP contribution in [0, 0.1) is 0 Å². The lowest BCUT2D eigenvalue weighted by molar-refractivity contribution is 1.02. The number of fused-ring (bicyclic) bond motifs is 1.